The first-order valence-electron chi connectivity index (χ1n) is 11.4. The maximum Gasteiger partial charge on any atom is 0.142 e. The average molecular weight is 434 g/mol. The molecule has 6 aromatic rings. The third-order valence-corrected chi connectivity index (χ3v) is 6.80. The first-order valence-corrected chi connectivity index (χ1v) is 11.4. The van der Waals surface area contributed by atoms with Crippen LogP contribution in [-0.2, 0) is 7.05 Å². The summed E-state index contributed by atoms with van der Waals surface area (Å²) in [5.41, 5.74) is 6.09. The van der Waals surface area contributed by atoms with Crippen LogP contribution in [0.4, 0.5) is 5.82 Å². The summed E-state index contributed by atoms with van der Waals surface area (Å²) in [6.07, 6.45) is 3.65. The van der Waals surface area contributed by atoms with Gasteiger partial charge in [0.2, 0.25) is 0 Å². The van der Waals surface area contributed by atoms with Crippen LogP contribution in [0.3, 0.4) is 0 Å². The number of fused-ring (bicyclic) bond motifs is 7. The van der Waals surface area contributed by atoms with Gasteiger partial charge >= 0.3 is 0 Å². The Balaban J connectivity index is 1.59. The molecule has 0 unspecified atom stereocenters. The van der Waals surface area contributed by atoms with Crippen LogP contribution < -0.4 is 10.2 Å². The van der Waals surface area contributed by atoms with E-state index in [9.17, 15) is 0 Å². The second kappa shape index (κ2) is 7.02. The Kier molecular flexibility index (Phi) is 3.95. The lowest BCUT2D eigenvalue weighted by Gasteiger charge is -2.30. The molecule has 0 spiro atoms. The van der Waals surface area contributed by atoms with E-state index in [0.29, 0.717) is 0 Å². The molecule has 33 heavy (non-hydrogen) atoms. The first kappa shape index (κ1) is 18.6. The molecule has 5 heterocycles. The molecule has 1 aliphatic heterocycles. The lowest BCUT2D eigenvalue weighted by Crippen LogP contribution is -2.44. The topological polar surface area (TPSA) is 74.7 Å². The fourth-order valence-corrected chi connectivity index (χ4v) is 5.32. The Morgan fingerprint density at radius 2 is 1.48 bits per heavy atom. The fourth-order valence-electron chi connectivity index (χ4n) is 5.32. The van der Waals surface area contributed by atoms with Gasteiger partial charge in [-0.15, -0.1) is 0 Å². The normalized spacial score (nSPS) is 14.8. The molecule has 7 rings (SSSR count). The molecule has 0 bridgehead atoms. The average Bonchev–Trinajstić information content (AvgIpc) is 3.45. The number of anilines is 1. The minimum Gasteiger partial charge on any atom is -0.355 e. The van der Waals surface area contributed by atoms with E-state index in [1.54, 1.807) is 0 Å². The van der Waals surface area contributed by atoms with Gasteiger partial charge in [0.15, 0.2) is 0 Å². The number of hydrogen-bond acceptors (Lipinski definition) is 5. The van der Waals surface area contributed by atoms with Gasteiger partial charge in [-0.05, 0) is 30.3 Å². The molecule has 1 aliphatic rings. The predicted molar refractivity (Wildman–Crippen MR) is 134 cm³/mol. The Labute approximate surface area is 190 Å². The summed E-state index contributed by atoms with van der Waals surface area (Å²) >= 11 is 0. The Hall–Kier alpha value is -3.97. The van der Waals surface area contributed by atoms with Crippen LogP contribution in [0.15, 0.2) is 60.9 Å². The van der Waals surface area contributed by atoms with Gasteiger partial charge < -0.3 is 19.8 Å². The molecule has 0 amide bonds. The smallest absolute Gasteiger partial charge is 0.142 e. The van der Waals surface area contributed by atoms with Crippen molar-refractivity contribution in [2.75, 3.05) is 31.1 Å². The zero-order valence-corrected chi connectivity index (χ0v) is 18.3. The lowest BCUT2D eigenvalue weighted by atomic mass is 10.1. The van der Waals surface area contributed by atoms with Crippen LogP contribution in [0.2, 0.25) is 0 Å². The number of nitrogens with one attached hydrogen (secondary N) is 2. The molecule has 7 heteroatoms. The number of piperazine rings is 1. The van der Waals surface area contributed by atoms with E-state index in [4.69, 9.17) is 4.98 Å². The summed E-state index contributed by atoms with van der Waals surface area (Å²) in [5, 5.41) is 6.74. The molecule has 1 saturated heterocycles. The first-order chi connectivity index (χ1) is 16.3. The van der Waals surface area contributed by atoms with Crippen LogP contribution in [0.1, 0.15) is 0 Å². The lowest BCUT2D eigenvalue weighted by molar-refractivity contribution is 0.580. The highest BCUT2D eigenvalue weighted by molar-refractivity contribution is 6.21. The second-order valence-corrected chi connectivity index (χ2v) is 8.62. The summed E-state index contributed by atoms with van der Waals surface area (Å²) in [6.45, 7) is 3.90. The van der Waals surface area contributed by atoms with Gasteiger partial charge in [-0.2, -0.15) is 0 Å². The highest BCUT2D eigenvalue weighted by Crippen LogP contribution is 2.41. The maximum atomic E-state index is 5.20. The molecule has 4 aromatic heterocycles. The quantitative estimate of drug-likeness (QED) is 0.400. The zero-order chi connectivity index (χ0) is 21.9. The van der Waals surface area contributed by atoms with E-state index in [0.717, 1.165) is 70.4 Å². The van der Waals surface area contributed by atoms with Gasteiger partial charge in [0.1, 0.15) is 11.6 Å². The van der Waals surface area contributed by atoms with Crippen LogP contribution in [0.5, 0.6) is 0 Å². The monoisotopic (exact) mass is 433 g/mol. The van der Waals surface area contributed by atoms with Crippen molar-refractivity contribution in [3.05, 3.63) is 60.9 Å². The number of aromatic nitrogens is 5. The fraction of sp³-hybridized carbons (Fsp3) is 0.192. The molecule has 1 fully saturated rings. The van der Waals surface area contributed by atoms with E-state index in [1.165, 1.54) is 16.7 Å². The van der Waals surface area contributed by atoms with Gasteiger partial charge in [0.05, 0.1) is 33.1 Å². The summed E-state index contributed by atoms with van der Waals surface area (Å²) in [6, 6.07) is 16.7. The number of aryl methyl sites for hydroxylation is 1. The zero-order valence-electron chi connectivity index (χ0n) is 18.3. The summed E-state index contributed by atoms with van der Waals surface area (Å²) in [5.74, 6) is 2.10. The molecular weight excluding hydrogens is 410 g/mol. The molecule has 2 aromatic carbocycles. The number of aromatic amines is 1. The standard InChI is InChI=1S/C26H23N7/c1-32-19-9-3-2-6-16(19)20(26(32)33-14-12-27-13-15-33)25-30-23-17-7-4-10-28-21(17)22-18(24(23)31-25)8-5-11-29-22/h2-11,27H,12-15H2,1H3,(H,30,31). The molecule has 0 aliphatic carbocycles. The summed E-state index contributed by atoms with van der Waals surface area (Å²) < 4.78 is 2.31. The summed E-state index contributed by atoms with van der Waals surface area (Å²) in [7, 11) is 2.16. The van der Waals surface area contributed by atoms with E-state index in [2.05, 4.69) is 73.2 Å². The van der Waals surface area contributed by atoms with Crippen molar-refractivity contribution in [1.29, 1.82) is 0 Å². The predicted octanol–water partition coefficient (Wildman–Crippen LogP) is 4.23. The minimum absolute atomic E-state index is 0.886. The van der Waals surface area contributed by atoms with Crippen molar-refractivity contribution >= 4 is 49.6 Å². The van der Waals surface area contributed by atoms with Crippen LogP contribution in [-0.4, -0.2) is 50.7 Å². The molecule has 2 N–H and O–H groups in total. The van der Waals surface area contributed by atoms with Gasteiger partial charge in [0.25, 0.3) is 0 Å². The largest absolute Gasteiger partial charge is 0.355 e. The second-order valence-electron chi connectivity index (χ2n) is 8.62. The van der Waals surface area contributed by atoms with Crippen molar-refractivity contribution < 1.29 is 0 Å². The Morgan fingerprint density at radius 3 is 2.30 bits per heavy atom. The van der Waals surface area contributed by atoms with Crippen molar-refractivity contribution in [3.63, 3.8) is 0 Å². The van der Waals surface area contributed by atoms with Gasteiger partial charge in [-0.25, -0.2) is 4.98 Å². The van der Waals surface area contributed by atoms with Crippen molar-refractivity contribution in [1.82, 2.24) is 29.8 Å². The molecule has 0 atom stereocenters. The number of imidazole rings is 1. The van der Waals surface area contributed by atoms with Crippen LogP contribution in [0, 0.1) is 0 Å². The van der Waals surface area contributed by atoms with E-state index in [1.807, 2.05) is 24.5 Å². The van der Waals surface area contributed by atoms with E-state index in [-0.39, 0.29) is 0 Å². The molecule has 162 valence electrons. The maximum absolute atomic E-state index is 5.20. The molecule has 7 nitrogen and oxygen atoms in total. The number of hydrogen-bond donors (Lipinski definition) is 2. The number of H-pyrrole nitrogens is 1. The van der Waals surface area contributed by atoms with Gasteiger partial charge in [0, 0.05) is 61.8 Å². The molecular formula is C26H23N7. The summed E-state index contributed by atoms with van der Waals surface area (Å²) in [4.78, 5) is 20.7. The Bertz CT molecular complexity index is 1600. The Morgan fingerprint density at radius 1 is 0.788 bits per heavy atom. The van der Waals surface area contributed by atoms with Crippen LogP contribution in [0.25, 0.3) is 55.1 Å². The number of pyridine rings is 2. The third kappa shape index (κ3) is 2.63. The third-order valence-electron chi connectivity index (χ3n) is 6.80. The van der Waals surface area contributed by atoms with Crippen molar-refractivity contribution in [2.45, 2.75) is 0 Å². The SMILES string of the molecule is Cn1c(N2CCNCC2)c(-c2nc3c4cccnc4c4ncccc4c3[nH]2)c2ccccc21. The number of rotatable bonds is 2. The molecule has 0 saturated carbocycles. The van der Waals surface area contributed by atoms with Crippen molar-refractivity contribution in [3.8, 4) is 11.4 Å². The highest BCUT2D eigenvalue weighted by Gasteiger charge is 2.25. The highest BCUT2D eigenvalue weighted by atomic mass is 15.3. The van der Waals surface area contributed by atoms with E-state index >= 15 is 0 Å². The van der Waals surface area contributed by atoms with Gasteiger partial charge in [-0.3, -0.25) is 9.97 Å². The number of benzene rings is 2. The van der Waals surface area contributed by atoms with Crippen molar-refractivity contribution in [2.24, 2.45) is 7.05 Å². The minimum atomic E-state index is 0.886. The number of nitrogens with zero attached hydrogens (tertiary/aromatic N) is 5. The molecule has 0 radical (unpaired) electrons. The van der Waals surface area contributed by atoms with E-state index < -0.39 is 0 Å². The van der Waals surface area contributed by atoms with Gasteiger partial charge in [-0.1, -0.05) is 18.2 Å². The van der Waals surface area contributed by atoms with Crippen LogP contribution >= 0.6 is 0 Å². The number of para-hydroxylation sites is 1.